The van der Waals surface area contributed by atoms with E-state index in [1.165, 1.54) is 17.0 Å². The third kappa shape index (κ3) is 8.16. The molecule has 1 unspecified atom stereocenters. The largest absolute Gasteiger partial charge is 0.482 e. The number of carbonyl (C=O) groups is 2. The van der Waals surface area contributed by atoms with E-state index in [9.17, 15) is 14.0 Å². The van der Waals surface area contributed by atoms with Gasteiger partial charge in [0.05, 0.1) is 5.02 Å². The summed E-state index contributed by atoms with van der Waals surface area (Å²) in [7, 11) is 0. The molecule has 2 amide bonds. The predicted octanol–water partition coefficient (Wildman–Crippen LogP) is 6.12. The Balaban J connectivity index is 1.61. The Bertz CT molecular complexity index is 1380. The van der Waals surface area contributed by atoms with Crippen LogP contribution in [0.3, 0.4) is 0 Å². The maximum Gasteiger partial charge on any atom is 0.261 e. The van der Waals surface area contributed by atoms with Crippen LogP contribution in [0.5, 0.6) is 5.75 Å². The highest BCUT2D eigenvalue weighted by atomic mass is 35.5. The number of hydrogen-bond acceptors (Lipinski definition) is 3. The van der Waals surface area contributed by atoms with Crippen LogP contribution >= 0.6 is 11.6 Å². The Morgan fingerprint density at radius 2 is 1.49 bits per heavy atom. The summed E-state index contributed by atoms with van der Waals surface area (Å²) >= 11 is 6.21. The van der Waals surface area contributed by atoms with Crippen molar-refractivity contribution in [3.63, 3.8) is 0 Å². The lowest BCUT2D eigenvalue weighted by molar-refractivity contribution is -0.142. The first-order valence-corrected chi connectivity index (χ1v) is 13.1. The van der Waals surface area contributed by atoms with Gasteiger partial charge in [-0.1, -0.05) is 96.0 Å². The number of hydrogen-bond donors (Lipinski definition) is 1. The van der Waals surface area contributed by atoms with Crippen LogP contribution in [0.15, 0.2) is 103 Å². The highest BCUT2D eigenvalue weighted by Crippen LogP contribution is 2.23. The van der Waals surface area contributed by atoms with Gasteiger partial charge in [0.2, 0.25) is 5.91 Å². The minimum atomic E-state index is -0.842. The van der Waals surface area contributed by atoms with Gasteiger partial charge in [0, 0.05) is 19.5 Å². The topological polar surface area (TPSA) is 58.6 Å². The lowest BCUT2D eigenvalue weighted by Crippen LogP contribution is -2.51. The van der Waals surface area contributed by atoms with Crippen molar-refractivity contribution in [2.75, 3.05) is 6.61 Å². The molecule has 0 aliphatic carbocycles. The summed E-state index contributed by atoms with van der Waals surface area (Å²) < 4.78 is 19.4. The SMILES string of the molecule is Cc1ccc(CNC(=O)C(Cc2ccccc2)N(Cc2ccc(F)cc2)C(=O)COc2ccccc2Cl)cc1. The highest BCUT2D eigenvalue weighted by molar-refractivity contribution is 6.32. The van der Waals surface area contributed by atoms with E-state index < -0.39 is 11.9 Å². The molecule has 1 N–H and O–H groups in total. The van der Waals surface area contributed by atoms with Crippen LogP contribution in [0.1, 0.15) is 22.3 Å². The lowest BCUT2D eigenvalue weighted by Gasteiger charge is -2.31. The average molecular weight is 545 g/mol. The number of halogens is 2. The Morgan fingerprint density at radius 3 is 2.18 bits per heavy atom. The monoisotopic (exact) mass is 544 g/mol. The molecule has 7 heteroatoms. The molecule has 0 saturated heterocycles. The number of nitrogens with one attached hydrogen (secondary N) is 1. The summed E-state index contributed by atoms with van der Waals surface area (Å²) in [6.45, 7) is 2.10. The number of nitrogens with zero attached hydrogens (tertiary/aromatic N) is 1. The lowest BCUT2D eigenvalue weighted by atomic mass is 10.0. The minimum absolute atomic E-state index is 0.0977. The first-order valence-electron chi connectivity index (χ1n) is 12.7. The Labute approximate surface area is 233 Å². The molecule has 0 heterocycles. The molecule has 0 aliphatic heterocycles. The number of rotatable bonds is 11. The van der Waals surface area contributed by atoms with Gasteiger partial charge < -0.3 is 15.0 Å². The van der Waals surface area contributed by atoms with Crippen molar-refractivity contribution in [1.82, 2.24) is 10.2 Å². The van der Waals surface area contributed by atoms with Crippen molar-refractivity contribution >= 4 is 23.4 Å². The zero-order valence-corrected chi connectivity index (χ0v) is 22.4. The quantitative estimate of drug-likeness (QED) is 0.247. The zero-order chi connectivity index (χ0) is 27.6. The highest BCUT2D eigenvalue weighted by Gasteiger charge is 2.30. The van der Waals surface area contributed by atoms with Crippen LogP contribution < -0.4 is 10.1 Å². The molecule has 5 nitrogen and oxygen atoms in total. The summed E-state index contributed by atoms with van der Waals surface area (Å²) in [5.74, 6) is -0.702. The van der Waals surface area contributed by atoms with Crippen molar-refractivity contribution in [1.29, 1.82) is 0 Å². The number of para-hydroxylation sites is 1. The molecule has 0 aliphatic rings. The number of amides is 2. The predicted molar refractivity (Wildman–Crippen MR) is 151 cm³/mol. The summed E-state index contributed by atoms with van der Waals surface area (Å²) in [5.41, 5.74) is 3.66. The first-order chi connectivity index (χ1) is 18.9. The zero-order valence-electron chi connectivity index (χ0n) is 21.6. The van der Waals surface area contributed by atoms with Gasteiger partial charge >= 0.3 is 0 Å². The van der Waals surface area contributed by atoms with Crippen molar-refractivity contribution in [2.45, 2.75) is 32.5 Å². The number of carbonyl (C=O) groups excluding carboxylic acids is 2. The van der Waals surface area contributed by atoms with Gasteiger partial charge in [-0.2, -0.15) is 0 Å². The number of ether oxygens (including phenoxy) is 1. The van der Waals surface area contributed by atoms with Gasteiger partial charge in [-0.05, 0) is 47.9 Å². The smallest absolute Gasteiger partial charge is 0.261 e. The molecule has 4 aromatic carbocycles. The molecule has 4 rings (SSSR count). The van der Waals surface area contributed by atoms with Gasteiger partial charge in [0.15, 0.2) is 6.61 Å². The molecule has 0 aromatic heterocycles. The molecule has 1 atom stereocenters. The van der Waals surface area contributed by atoms with Gasteiger partial charge in [-0.25, -0.2) is 4.39 Å². The summed E-state index contributed by atoms with van der Waals surface area (Å²) in [6, 6.07) is 29.3. The third-order valence-corrected chi connectivity index (χ3v) is 6.62. The fourth-order valence-corrected chi connectivity index (χ4v) is 4.33. The van der Waals surface area contributed by atoms with E-state index in [2.05, 4.69) is 5.32 Å². The third-order valence-electron chi connectivity index (χ3n) is 6.31. The molecule has 4 aromatic rings. The van der Waals surface area contributed by atoms with E-state index >= 15 is 0 Å². The molecule has 200 valence electrons. The van der Waals surface area contributed by atoms with Crippen LogP contribution in [-0.4, -0.2) is 29.4 Å². The van der Waals surface area contributed by atoms with E-state index in [-0.39, 0.29) is 24.9 Å². The molecule has 39 heavy (non-hydrogen) atoms. The van der Waals surface area contributed by atoms with E-state index in [1.54, 1.807) is 36.4 Å². The Morgan fingerprint density at radius 1 is 0.846 bits per heavy atom. The van der Waals surface area contributed by atoms with Crippen molar-refractivity contribution in [3.8, 4) is 5.75 Å². The molecule has 0 bridgehead atoms. The van der Waals surface area contributed by atoms with Gasteiger partial charge in [-0.3, -0.25) is 9.59 Å². The van der Waals surface area contributed by atoms with Gasteiger partial charge in [0.1, 0.15) is 17.6 Å². The second-order valence-electron chi connectivity index (χ2n) is 9.28. The normalized spacial score (nSPS) is 11.5. The maximum absolute atomic E-state index is 13.7. The Hall–Kier alpha value is -4.16. The van der Waals surface area contributed by atoms with E-state index in [0.29, 0.717) is 29.3 Å². The standard InChI is InChI=1S/C32H30ClFN2O3/c1-23-11-13-25(14-12-23)20-35-32(38)29(19-24-7-3-2-4-8-24)36(21-26-15-17-27(34)18-16-26)31(37)22-39-30-10-6-5-9-28(30)33/h2-18,29H,19-22H2,1H3,(H,35,38). The molecular formula is C32H30ClFN2O3. The fourth-order valence-electron chi connectivity index (χ4n) is 4.14. The van der Waals surface area contributed by atoms with Crippen molar-refractivity contribution in [2.24, 2.45) is 0 Å². The van der Waals surface area contributed by atoms with Crippen LogP contribution in [-0.2, 0) is 29.1 Å². The molecule has 0 radical (unpaired) electrons. The van der Waals surface area contributed by atoms with Crippen molar-refractivity contribution in [3.05, 3.63) is 136 Å². The molecule has 0 saturated carbocycles. The van der Waals surface area contributed by atoms with Crippen LogP contribution in [0.4, 0.5) is 4.39 Å². The van der Waals surface area contributed by atoms with Crippen LogP contribution in [0.2, 0.25) is 5.02 Å². The summed E-state index contributed by atoms with van der Waals surface area (Å²) in [4.78, 5) is 28.8. The average Bonchev–Trinajstić information content (AvgIpc) is 2.95. The maximum atomic E-state index is 13.7. The minimum Gasteiger partial charge on any atom is -0.482 e. The summed E-state index contributed by atoms with van der Waals surface area (Å²) in [5, 5.41) is 3.38. The van der Waals surface area contributed by atoms with Crippen LogP contribution in [0.25, 0.3) is 0 Å². The van der Waals surface area contributed by atoms with Crippen LogP contribution in [0, 0.1) is 12.7 Å². The fraction of sp³-hybridized carbons (Fsp3) is 0.188. The Kier molecular flexibility index (Phi) is 9.70. The molecular weight excluding hydrogens is 515 g/mol. The van der Waals surface area contributed by atoms with Gasteiger partial charge in [-0.15, -0.1) is 0 Å². The number of benzene rings is 4. The summed E-state index contributed by atoms with van der Waals surface area (Å²) in [6.07, 6.45) is 0.291. The van der Waals surface area contributed by atoms with E-state index in [4.69, 9.17) is 16.3 Å². The molecule has 0 spiro atoms. The van der Waals surface area contributed by atoms with Gasteiger partial charge in [0.25, 0.3) is 5.91 Å². The van der Waals surface area contributed by atoms with E-state index in [0.717, 1.165) is 16.7 Å². The number of aryl methyl sites for hydroxylation is 1. The first kappa shape index (κ1) is 27.9. The second-order valence-corrected chi connectivity index (χ2v) is 9.68. The van der Waals surface area contributed by atoms with E-state index in [1.807, 2.05) is 61.5 Å². The van der Waals surface area contributed by atoms with Crippen molar-refractivity contribution < 1.29 is 18.7 Å². The second kappa shape index (κ2) is 13.6. The molecule has 0 fully saturated rings.